The third kappa shape index (κ3) is 3.67. The predicted octanol–water partition coefficient (Wildman–Crippen LogP) is 3.27. The standard InChI is InChI=1S/C15H12ClN3O2/c16-19-17-14(20-12-7-3-1-4-8-12)11-15(18-19)21-13-9-5-2-6-10-13/h1-11,17H. The highest BCUT2D eigenvalue weighted by atomic mass is 35.5. The molecule has 2 aromatic carbocycles. The molecule has 0 atom stereocenters. The van der Waals surface area contributed by atoms with Crippen LogP contribution in [0, 0.1) is 0 Å². The zero-order valence-electron chi connectivity index (χ0n) is 10.9. The van der Waals surface area contributed by atoms with Crippen LogP contribution in [-0.2, 0) is 0 Å². The van der Waals surface area contributed by atoms with Gasteiger partial charge in [-0.15, -0.1) is 9.74 Å². The average Bonchev–Trinajstić information content (AvgIpc) is 2.48. The Balaban J connectivity index is 1.75. The van der Waals surface area contributed by atoms with Gasteiger partial charge in [0, 0.05) is 0 Å². The molecule has 21 heavy (non-hydrogen) atoms. The second kappa shape index (κ2) is 6.19. The van der Waals surface area contributed by atoms with Crippen LogP contribution in [0.3, 0.4) is 0 Å². The zero-order valence-corrected chi connectivity index (χ0v) is 11.7. The number of para-hydroxylation sites is 2. The Morgan fingerprint density at radius 1 is 0.857 bits per heavy atom. The van der Waals surface area contributed by atoms with E-state index >= 15 is 0 Å². The molecule has 1 aliphatic rings. The number of hydrazone groups is 1. The molecule has 1 aliphatic heterocycles. The Bertz CT molecular complexity index is 659. The van der Waals surface area contributed by atoms with Crippen molar-refractivity contribution < 1.29 is 9.47 Å². The second-order valence-electron chi connectivity index (χ2n) is 4.15. The number of rotatable bonds is 3. The van der Waals surface area contributed by atoms with Crippen LogP contribution in [0.5, 0.6) is 11.5 Å². The highest BCUT2D eigenvalue weighted by Crippen LogP contribution is 2.16. The van der Waals surface area contributed by atoms with E-state index in [0.717, 1.165) is 4.64 Å². The minimum absolute atomic E-state index is 0.320. The van der Waals surface area contributed by atoms with E-state index in [1.54, 1.807) is 6.08 Å². The Kier molecular flexibility index (Phi) is 3.93. The molecule has 106 valence electrons. The zero-order chi connectivity index (χ0) is 14.5. The van der Waals surface area contributed by atoms with Crippen molar-refractivity contribution in [3.05, 3.63) is 72.6 Å². The summed E-state index contributed by atoms with van der Waals surface area (Å²) in [6, 6.07) is 18.7. The van der Waals surface area contributed by atoms with E-state index in [9.17, 15) is 0 Å². The number of nitrogens with zero attached hydrogens (tertiary/aromatic N) is 2. The molecular formula is C15H12ClN3O2. The van der Waals surface area contributed by atoms with Crippen LogP contribution in [0.15, 0.2) is 77.7 Å². The van der Waals surface area contributed by atoms with Crippen molar-refractivity contribution in [1.29, 1.82) is 0 Å². The van der Waals surface area contributed by atoms with Crippen LogP contribution >= 0.6 is 11.8 Å². The van der Waals surface area contributed by atoms with Crippen molar-refractivity contribution in [1.82, 2.24) is 10.1 Å². The van der Waals surface area contributed by atoms with E-state index in [4.69, 9.17) is 21.3 Å². The van der Waals surface area contributed by atoms with Crippen LogP contribution in [0.1, 0.15) is 0 Å². The maximum absolute atomic E-state index is 5.87. The van der Waals surface area contributed by atoms with Gasteiger partial charge in [-0.3, -0.25) is 0 Å². The molecule has 6 heteroatoms. The van der Waals surface area contributed by atoms with E-state index in [1.165, 1.54) is 0 Å². The smallest absolute Gasteiger partial charge is 0.245 e. The Labute approximate surface area is 127 Å². The number of benzene rings is 2. The lowest BCUT2D eigenvalue weighted by Gasteiger charge is -2.20. The molecule has 2 aromatic rings. The first-order valence-corrected chi connectivity index (χ1v) is 6.62. The number of hydrazine groups is 1. The van der Waals surface area contributed by atoms with Crippen LogP contribution in [0.4, 0.5) is 0 Å². The van der Waals surface area contributed by atoms with Gasteiger partial charge in [-0.25, -0.2) is 5.43 Å². The lowest BCUT2D eigenvalue weighted by Crippen LogP contribution is -2.33. The normalized spacial score (nSPS) is 13.9. The highest BCUT2D eigenvalue weighted by molar-refractivity contribution is 6.13. The number of halogens is 1. The van der Waals surface area contributed by atoms with E-state index in [2.05, 4.69) is 10.5 Å². The fourth-order valence-electron chi connectivity index (χ4n) is 1.70. The fourth-order valence-corrected chi connectivity index (χ4v) is 1.86. The molecule has 5 nitrogen and oxygen atoms in total. The van der Waals surface area contributed by atoms with Crippen molar-refractivity contribution in [2.75, 3.05) is 0 Å². The second-order valence-corrected chi connectivity index (χ2v) is 4.47. The number of hydrogen-bond acceptors (Lipinski definition) is 5. The molecule has 1 N–H and O–H groups in total. The van der Waals surface area contributed by atoms with Crippen molar-refractivity contribution in [3.63, 3.8) is 0 Å². The van der Waals surface area contributed by atoms with Crippen LogP contribution in [0.2, 0.25) is 0 Å². The number of nitrogens with one attached hydrogen (secondary N) is 1. The lowest BCUT2D eigenvalue weighted by molar-refractivity contribution is 0.271. The van der Waals surface area contributed by atoms with Crippen LogP contribution in [0.25, 0.3) is 0 Å². The highest BCUT2D eigenvalue weighted by Gasteiger charge is 2.14. The van der Waals surface area contributed by atoms with Gasteiger partial charge in [-0.1, -0.05) is 36.4 Å². The molecule has 0 saturated carbocycles. The number of ether oxygens (including phenoxy) is 2. The summed E-state index contributed by atoms with van der Waals surface area (Å²) in [5.41, 5.74) is 2.75. The molecule has 0 bridgehead atoms. The molecule has 3 rings (SSSR count). The van der Waals surface area contributed by atoms with E-state index in [1.807, 2.05) is 60.7 Å². The van der Waals surface area contributed by atoms with E-state index < -0.39 is 0 Å². The summed E-state index contributed by atoms with van der Waals surface area (Å²) < 4.78 is 12.3. The van der Waals surface area contributed by atoms with Crippen molar-refractivity contribution in [2.45, 2.75) is 0 Å². The quantitative estimate of drug-likeness (QED) is 0.884. The minimum Gasteiger partial charge on any atom is -0.439 e. The molecule has 0 unspecified atom stereocenters. The topological polar surface area (TPSA) is 46.1 Å². The Morgan fingerprint density at radius 3 is 2.05 bits per heavy atom. The van der Waals surface area contributed by atoms with Crippen molar-refractivity contribution >= 4 is 17.7 Å². The molecule has 0 aromatic heterocycles. The van der Waals surface area contributed by atoms with Gasteiger partial charge in [-0.05, 0) is 24.3 Å². The van der Waals surface area contributed by atoms with Gasteiger partial charge in [0.15, 0.2) is 0 Å². The van der Waals surface area contributed by atoms with E-state index in [-0.39, 0.29) is 0 Å². The van der Waals surface area contributed by atoms with Crippen molar-refractivity contribution in [3.8, 4) is 11.5 Å². The maximum Gasteiger partial charge on any atom is 0.245 e. The summed E-state index contributed by atoms with van der Waals surface area (Å²) >= 11 is 5.87. The average molecular weight is 302 g/mol. The van der Waals surface area contributed by atoms with Gasteiger partial charge in [-0.2, -0.15) is 0 Å². The summed E-state index contributed by atoms with van der Waals surface area (Å²) in [5.74, 6) is 2.08. The lowest BCUT2D eigenvalue weighted by atomic mass is 10.3. The first-order valence-electron chi connectivity index (χ1n) is 6.28. The summed E-state index contributed by atoms with van der Waals surface area (Å²) in [5, 5.41) is 4.00. The van der Waals surface area contributed by atoms with Crippen LogP contribution < -0.4 is 14.9 Å². The van der Waals surface area contributed by atoms with Gasteiger partial charge in [0.2, 0.25) is 11.8 Å². The minimum atomic E-state index is 0.320. The largest absolute Gasteiger partial charge is 0.439 e. The summed E-state index contributed by atoms with van der Waals surface area (Å²) in [6.45, 7) is 0. The molecule has 0 fully saturated rings. The molecule has 0 saturated heterocycles. The third-order valence-electron chi connectivity index (χ3n) is 2.58. The molecule has 0 aliphatic carbocycles. The van der Waals surface area contributed by atoms with Gasteiger partial charge in [0.1, 0.15) is 11.5 Å². The van der Waals surface area contributed by atoms with Crippen molar-refractivity contribution in [2.24, 2.45) is 5.10 Å². The third-order valence-corrected chi connectivity index (χ3v) is 2.74. The summed E-state index contributed by atoms with van der Waals surface area (Å²) in [4.78, 5) is 0. The van der Waals surface area contributed by atoms with Gasteiger partial charge < -0.3 is 9.47 Å². The molecule has 0 radical (unpaired) electrons. The summed E-state index contributed by atoms with van der Waals surface area (Å²) in [6.07, 6.45) is 1.62. The molecule has 1 heterocycles. The molecule has 0 spiro atoms. The Morgan fingerprint density at radius 2 is 1.43 bits per heavy atom. The SMILES string of the molecule is ClN1N=C(Oc2ccccc2)C=C(Oc2ccccc2)N1. The Hall–Kier alpha value is -2.66. The van der Waals surface area contributed by atoms with Gasteiger partial charge >= 0.3 is 0 Å². The summed E-state index contributed by atoms with van der Waals surface area (Å²) in [7, 11) is 0. The first kappa shape index (κ1) is 13.3. The molecular weight excluding hydrogens is 290 g/mol. The van der Waals surface area contributed by atoms with Gasteiger partial charge in [0.25, 0.3) is 0 Å². The maximum atomic E-state index is 5.87. The fraction of sp³-hybridized carbons (Fsp3) is 0. The first-order chi connectivity index (χ1) is 10.3. The monoisotopic (exact) mass is 301 g/mol. The predicted molar refractivity (Wildman–Crippen MR) is 80.5 cm³/mol. The molecule has 0 amide bonds. The van der Waals surface area contributed by atoms with Gasteiger partial charge in [0.05, 0.1) is 17.9 Å². The van der Waals surface area contributed by atoms with Crippen LogP contribution in [-0.4, -0.2) is 10.5 Å². The van der Waals surface area contributed by atoms with E-state index in [0.29, 0.717) is 23.3 Å². The number of hydrogen-bond donors (Lipinski definition) is 1.